The van der Waals surface area contributed by atoms with E-state index in [0.717, 1.165) is 4.68 Å². The lowest BCUT2D eigenvalue weighted by molar-refractivity contribution is -0.192. The van der Waals surface area contributed by atoms with E-state index in [4.69, 9.17) is 36.3 Å². The largest absolute Gasteiger partial charge is 0.497 e. The van der Waals surface area contributed by atoms with E-state index >= 15 is 4.39 Å². The summed E-state index contributed by atoms with van der Waals surface area (Å²) < 4.78 is 58.8. The van der Waals surface area contributed by atoms with Gasteiger partial charge < -0.3 is 31.4 Å². The Morgan fingerprint density at radius 1 is 1.12 bits per heavy atom. The number of nitrogens with one attached hydrogen (secondary N) is 3. The third-order valence-electron chi connectivity index (χ3n) is 5.63. The highest BCUT2D eigenvalue weighted by Gasteiger charge is 2.38. The van der Waals surface area contributed by atoms with Crippen LogP contribution >= 0.6 is 0 Å². The first kappa shape index (κ1) is 31.0. The van der Waals surface area contributed by atoms with Gasteiger partial charge >= 0.3 is 17.8 Å². The molecule has 0 aliphatic heterocycles. The molecule has 1 atom stereocenters. The summed E-state index contributed by atoms with van der Waals surface area (Å²) in [5.74, 6) is -3.05. The zero-order valence-corrected chi connectivity index (χ0v) is 22.0. The highest BCUT2D eigenvalue weighted by Crippen LogP contribution is 2.34. The molecule has 0 spiro atoms. The number of aliphatic carboxylic acids is 1. The Hall–Kier alpha value is -5.54. The molecule has 16 heteroatoms. The molecule has 3 aromatic carbocycles. The lowest BCUT2D eigenvalue weighted by Crippen LogP contribution is -2.21. The number of aromatic amines is 1. The summed E-state index contributed by atoms with van der Waals surface area (Å²) in [5.41, 5.74) is 13.0. The van der Waals surface area contributed by atoms with Gasteiger partial charge in [0, 0.05) is 22.9 Å². The lowest BCUT2D eigenvalue weighted by Gasteiger charge is -2.21. The summed E-state index contributed by atoms with van der Waals surface area (Å²) in [6.07, 6.45) is -5.08. The summed E-state index contributed by atoms with van der Waals surface area (Å²) in [5, 5.41) is 22.3. The van der Waals surface area contributed by atoms with Crippen LogP contribution in [0.3, 0.4) is 0 Å². The van der Waals surface area contributed by atoms with Crippen molar-refractivity contribution in [3.8, 4) is 17.2 Å². The Labute approximate surface area is 235 Å². The maximum Gasteiger partial charge on any atom is 0.490 e. The molecule has 222 valence electrons. The first-order valence-electron chi connectivity index (χ1n) is 11.7. The summed E-state index contributed by atoms with van der Waals surface area (Å²) in [4.78, 5) is 24.4. The SMILES string of the molecule is COc1cc(OC)c(F)c(C(Nc2ccc(C(=N)N)cc2)c2nn(-c3ccccc3N)c(=O)[nH]2)c1.O=C(O)C(F)(F)F. The smallest absolute Gasteiger partial charge is 0.490 e. The Bertz CT molecular complexity index is 1640. The molecule has 0 saturated heterocycles. The van der Waals surface area contributed by atoms with Gasteiger partial charge in [0.1, 0.15) is 17.6 Å². The second kappa shape index (κ2) is 12.8. The van der Waals surface area contributed by atoms with E-state index in [9.17, 15) is 18.0 Å². The second-order valence-corrected chi connectivity index (χ2v) is 8.39. The van der Waals surface area contributed by atoms with Gasteiger partial charge in [0.25, 0.3) is 0 Å². The molecule has 42 heavy (non-hydrogen) atoms. The number of carboxylic acid groups (broad SMARTS) is 1. The molecule has 0 aliphatic carbocycles. The van der Waals surface area contributed by atoms with Crippen LogP contribution in [0.4, 0.5) is 28.9 Å². The molecule has 0 aliphatic rings. The van der Waals surface area contributed by atoms with Crippen molar-refractivity contribution in [3.05, 3.63) is 93.9 Å². The molecular weight excluding hydrogens is 566 g/mol. The van der Waals surface area contributed by atoms with Gasteiger partial charge in [-0.05, 0) is 42.5 Å². The molecule has 1 unspecified atom stereocenters. The fourth-order valence-electron chi connectivity index (χ4n) is 3.59. The Balaban J connectivity index is 0.000000616. The van der Waals surface area contributed by atoms with Crippen LogP contribution in [-0.2, 0) is 4.79 Å². The predicted molar refractivity (Wildman–Crippen MR) is 145 cm³/mol. The summed E-state index contributed by atoms with van der Waals surface area (Å²) in [6.45, 7) is 0. The zero-order valence-electron chi connectivity index (χ0n) is 22.0. The molecule has 0 fully saturated rings. The van der Waals surface area contributed by atoms with Crippen molar-refractivity contribution in [2.24, 2.45) is 5.73 Å². The standard InChI is InChI=1S/C24H24FN7O3.C2HF3O2/c1-34-15-11-16(20(25)19(12-15)35-2)21(29-14-9-7-13(8-10-14)22(27)28)23-30-24(33)32(31-23)18-6-4-3-5-17(18)26;3-2(4,5)1(6)7/h3-12,21,29H,26H2,1-2H3,(H3,27,28)(H,30,31,33);(H,6,7). The Kier molecular flexibility index (Phi) is 9.41. The number of hydrogen-bond acceptors (Lipinski definition) is 8. The van der Waals surface area contributed by atoms with Gasteiger partial charge in [-0.15, -0.1) is 5.10 Å². The maximum absolute atomic E-state index is 15.5. The minimum atomic E-state index is -5.08. The summed E-state index contributed by atoms with van der Waals surface area (Å²) in [7, 11) is 2.80. The minimum absolute atomic E-state index is 0.0350. The zero-order chi connectivity index (χ0) is 31.2. The number of alkyl halides is 3. The molecule has 1 aromatic heterocycles. The summed E-state index contributed by atoms with van der Waals surface area (Å²) >= 11 is 0. The van der Waals surface area contributed by atoms with Gasteiger partial charge in [0.15, 0.2) is 17.4 Å². The minimum Gasteiger partial charge on any atom is -0.497 e. The van der Waals surface area contributed by atoms with Crippen LogP contribution in [0.1, 0.15) is 23.0 Å². The maximum atomic E-state index is 15.5. The van der Waals surface area contributed by atoms with E-state index in [2.05, 4.69) is 15.4 Å². The fraction of sp³-hybridized carbons (Fsp3) is 0.154. The first-order valence-corrected chi connectivity index (χ1v) is 11.7. The highest BCUT2D eigenvalue weighted by atomic mass is 19.4. The van der Waals surface area contributed by atoms with E-state index in [1.54, 1.807) is 48.5 Å². The Morgan fingerprint density at radius 2 is 1.74 bits per heavy atom. The van der Waals surface area contributed by atoms with Crippen LogP contribution in [0.25, 0.3) is 5.69 Å². The monoisotopic (exact) mass is 591 g/mol. The number of ether oxygens (including phenoxy) is 2. The second-order valence-electron chi connectivity index (χ2n) is 8.39. The van der Waals surface area contributed by atoms with Crippen molar-refractivity contribution in [2.75, 3.05) is 25.3 Å². The average Bonchev–Trinajstić information content (AvgIpc) is 3.33. The Morgan fingerprint density at radius 3 is 2.26 bits per heavy atom. The molecule has 4 rings (SSSR count). The number of aromatic nitrogens is 3. The number of para-hydroxylation sites is 2. The van der Waals surface area contributed by atoms with Crippen molar-refractivity contribution in [3.63, 3.8) is 0 Å². The van der Waals surface area contributed by atoms with Crippen LogP contribution in [0.5, 0.6) is 11.5 Å². The number of H-pyrrole nitrogens is 1. The van der Waals surface area contributed by atoms with Crippen molar-refractivity contribution in [1.29, 1.82) is 5.41 Å². The number of amidine groups is 1. The summed E-state index contributed by atoms with van der Waals surface area (Å²) in [6, 6.07) is 15.4. The number of hydrogen-bond donors (Lipinski definition) is 6. The number of benzene rings is 3. The van der Waals surface area contributed by atoms with Crippen LogP contribution in [0, 0.1) is 11.2 Å². The van der Waals surface area contributed by atoms with Crippen LogP contribution < -0.4 is 31.9 Å². The van der Waals surface area contributed by atoms with Crippen molar-refractivity contribution >= 4 is 23.2 Å². The molecule has 4 aromatic rings. The number of nitrogen functional groups attached to an aromatic ring is 2. The number of rotatable bonds is 8. The van der Waals surface area contributed by atoms with E-state index in [1.165, 1.54) is 26.4 Å². The van der Waals surface area contributed by atoms with E-state index < -0.39 is 29.7 Å². The normalized spacial score (nSPS) is 11.6. The van der Waals surface area contributed by atoms with E-state index in [-0.39, 0.29) is 23.0 Å². The van der Waals surface area contributed by atoms with Crippen molar-refractivity contribution < 1.29 is 36.9 Å². The van der Waals surface area contributed by atoms with E-state index in [1.807, 2.05) is 0 Å². The molecule has 12 nitrogen and oxygen atoms in total. The van der Waals surface area contributed by atoms with Crippen LogP contribution in [-0.4, -0.2) is 52.1 Å². The number of nitrogens with zero attached hydrogens (tertiary/aromatic N) is 2. The van der Waals surface area contributed by atoms with Gasteiger partial charge in [0.2, 0.25) is 0 Å². The van der Waals surface area contributed by atoms with Gasteiger partial charge in [-0.25, -0.2) is 14.0 Å². The van der Waals surface area contributed by atoms with Crippen LogP contribution in [0.2, 0.25) is 0 Å². The highest BCUT2D eigenvalue weighted by molar-refractivity contribution is 5.95. The number of carbonyl (C=O) groups is 1. The molecule has 0 saturated carbocycles. The third-order valence-corrected chi connectivity index (χ3v) is 5.63. The molecule has 8 N–H and O–H groups in total. The number of nitrogens with two attached hydrogens (primary N) is 2. The predicted octanol–water partition coefficient (Wildman–Crippen LogP) is 3.42. The molecule has 1 heterocycles. The number of anilines is 2. The third kappa shape index (κ3) is 7.15. The van der Waals surface area contributed by atoms with Crippen LogP contribution in [0.15, 0.2) is 65.5 Å². The topological polar surface area (TPSA) is 194 Å². The van der Waals surface area contributed by atoms with E-state index in [0.29, 0.717) is 28.4 Å². The average molecular weight is 592 g/mol. The van der Waals surface area contributed by atoms with Crippen molar-refractivity contribution in [2.45, 2.75) is 12.2 Å². The van der Waals surface area contributed by atoms with Gasteiger partial charge in [-0.2, -0.15) is 17.9 Å². The number of halogens is 4. The van der Waals surface area contributed by atoms with Crippen molar-refractivity contribution in [1.82, 2.24) is 14.8 Å². The lowest BCUT2D eigenvalue weighted by atomic mass is 10.0. The molecule has 0 amide bonds. The van der Waals surface area contributed by atoms with Gasteiger partial charge in [0.05, 0.1) is 25.6 Å². The quantitative estimate of drug-likeness (QED) is 0.0770. The molecule has 0 bridgehead atoms. The molecule has 0 radical (unpaired) electrons. The first-order chi connectivity index (χ1) is 19.8. The molecular formula is C26H25F4N7O5. The number of methoxy groups -OCH3 is 2. The number of carboxylic acids is 1. The van der Waals surface area contributed by atoms with Gasteiger partial charge in [-0.1, -0.05) is 12.1 Å². The fourth-order valence-corrected chi connectivity index (χ4v) is 3.59. The van der Waals surface area contributed by atoms with Gasteiger partial charge in [-0.3, -0.25) is 10.4 Å².